The van der Waals surface area contributed by atoms with Gasteiger partial charge in [-0.1, -0.05) is 18.2 Å². The van der Waals surface area contributed by atoms with Crippen LogP contribution in [-0.2, 0) is 6.42 Å². The zero-order valence-corrected chi connectivity index (χ0v) is 13.6. The maximum absolute atomic E-state index is 14.0. The standard InChI is InChI=1S/C20H15F4NO/c21-15-3-1-2-12(11-15)13-4-5-16(22)14(10-13)8-9-25-20-17(23)6-7-18(26)19(20)24/h1-7,10-11,25-26H,8-9H2. The molecule has 2 nitrogen and oxygen atoms in total. The van der Waals surface area contributed by atoms with Crippen LogP contribution in [-0.4, -0.2) is 11.7 Å². The Bertz CT molecular complexity index is 943. The molecule has 6 heteroatoms. The third kappa shape index (κ3) is 3.79. The number of hydrogen-bond acceptors (Lipinski definition) is 2. The van der Waals surface area contributed by atoms with Crippen LogP contribution in [0.1, 0.15) is 5.56 Å². The molecule has 3 aromatic carbocycles. The first-order valence-corrected chi connectivity index (χ1v) is 7.91. The average Bonchev–Trinajstić information content (AvgIpc) is 2.62. The highest BCUT2D eigenvalue weighted by molar-refractivity contribution is 5.64. The van der Waals surface area contributed by atoms with E-state index in [4.69, 9.17) is 0 Å². The Morgan fingerprint density at radius 3 is 2.31 bits per heavy atom. The molecule has 134 valence electrons. The fraction of sp³-hybridized carbons (Fsp3) is 0.100. The maximum Gasteiger partial charge on any atom is 0.190 e. The zero-order chi connectivity index (χ0) is 18.7. The molecule has 0 radical (unpaired) electrons. The summed E-state index contributed by atoms with van der Waals surface area (Å²) in [5.41, 5.74) is 1.09. The molecule has 26 heavy (non-hydrogen) atoms. The van der Waals surface area contributed by atoms with E-state index in [0.29, 0.717) is 16.7 Å². The number of hydrogen-bond donors (Lipinski definition) is 2. The van der Waals surface area contributed by atoms with E-state index in [1.807, 2.05) is 0 Å². The zero-order valence-electron chi connectivity index (χ0n) is 13.6. The molecule has 0 unspecified atom stereocenters. The van der Waals surface area contributed by atoms with Crippen molar-refractivity contribution in [1.82, 2.24) is 0 Å². The number of phenols is 1. The van der Waals surface area contributed by atoms with Crippen LogP contribution in [0.15, 0.2) is 54.6 Å². The van der Waals surface area contributed by atoms with Gasteiger partial charge in [0.15, 0.2) is 11.6 Å². The van der Waals surface area contributed by atoms with E-state index in [1.165, 1.54) is 24.3 Å². The minimum atomic E-state index is -1.10. The van der Waals surface area contributed by atoms with Gasteiger partial charge >= 0.3 is 0 Å². The molecule has 0 atom stereocenters. The largest absolute Gasteiger partial charge is 0.505 e. The van der Waals surface area contributed by atoms with E-state index in [2.05, 4.69) is 5.32 Å². The summed E-state index contributed by atoms with van der Waals surface area (Å²) in [6, 6.07) is 12.1. The molecule has 0 heterocycles. The number of rotatable bonds is 5. The van der Waals surface area contributed by atoms with E-state index in [-0.39, 0.29) is 13.0 Å². The first-order valence-electron chi connectivity index (χ1n) is 7.91. The number of anilines is 1. The van der Waals surface area contributed by atoms with Gasteiger partial charge in [0.2, 0.25) is 0 Å². The van der Waals surface area contributed by atoms with Crippen molar-refractivity contribution >= 4 is 5.69 Å². The van der Waals surface area contributed by atoms with Gasteiger partial charge in [0, 0.05) is 6.54 Å². The van der Waals surface area contributed by atoms with Crippen LogP contribution in [0, 0.1) is 23.3 Å². The summed E-state index contributed by atoms with van der Waals surface area (Å²) in [5, 5.41) is 11.8. The van der Waals surface area contributed by atoms with Gasteiger partial charge in [0.25, 0.3) is 0 Å². The lowest BCUT2D eigenvalue weighted by Crippen LogP contribution is -2.09. The second-order valence-corrected chi connectivity index (χ2v) is 5.75. The summed E-state index contributed by atoms with van der Waals surface area (Å²) in [6.45, 7) is 0.0425. The fourth-order valence-electron chi connectivity index (χ4n) is 2.64. The minimum absolute atomic E-state index is 0.0425. The lowest BCUT2D eigenvalue weighted by Gasteiger charge is -2.11. The van der Waals surface area contributed by atoms with Crippen LogP contribution in [0.4, 0.5) is 23.2 Å². The van der Waals surface area contributed by atoms with Gasteiger partial charge < -0.3 is 10.4 Å². The van der Waals surface area contributed by atoms with Crippen LogP contribution >= 0.6 is 0 Å². The van der Waals surface area contributed by atoms with E-state index in [0.717, 1.165) is 12.1 Å². The number of halogens is 4. The smallest absolute Gasteiger partial charge is 0.190 e. The Morgan fingerprint density at radius 2 is 1.54 bits per heavy atom. The Kier molecular flexibility index (Phi) is 5.11. The van der Waals surface area contributed by atoms with Crippen LogP contribution in [0.2, 0.25) is 0 Å². The second-order valence-electron chi connectivity index (χ2n) is 5.75. The normalized spacial score (nSPS) is 10.8. The molecule has 3 rings (SSSR count). The summed E-state index contributed by atoms with van der Waals surface area (Å²) < 4.78 is 54.7. The van der Waals surface area contributed by atoms with Gasteiger partial charge in [0.05, 0.1) is 0 Å². The van der Waals surface area contributed by atoms with Crippen molar-refractivity contribution in [3.8, 4) is 16.9 Å². The number of benzene rings is 3. The maximum atomic E-state index is 14.0. The van der Waals surface area contributed by atoms with Crippen molar-refractivity contribution in [1.29, 1.82) is 0 Å². The molecule has 0 aliphatic rings. The summed E-state index contributed by atoms with van der Waals surface area (Å²) in [6.07, 6.45) is 0.142. The number of nitrogens with one attached hydrogen (secondary N) is 1. The predicted octanol–water partition coefficient (Wildman–Crippen LogP) is 5.27. The molecule has 0 aromatic heterocycles. The molecule has 0 spiro atoms. The highest BCUT2D eigenvalue weighted by atomic mass is 19.1. The van der Waals surface area contributed by atoms with Gasteiger partial charge in [-0.2, -0.15) is 0 Å². The number of phenolic OH excluding ortho intramolecular Hbond substituents is 1. The molecule has 0 fully saturated rings. The molecule has 0 saturated heterocycles. The first kappa shape index (κ1) is 17.8. The van der Waals surface area contributed by atoms with Gasteiger partial charge in [-0.05, 0) is 59.5 Å². The second kappa shape index (κ2) is 7.47. The SMILES string of the molecule is Oc1ccc(F)c(NCCc2cc(-c3cccc(F)c3)ccc2F)c1F. The number of aromatic hydroxyl groups is 1. The van der Waals surface area contributed by atoms with Crippen molar-refractivity contribution in [2.45, 2.75) is 6.42 Å². The van der Waals surface area contributed by atoms with Gasteiger partial charge in [-0.25, -0.2) is 17.6 Å². The Hall–Kier alpha value is -3.02. The fourth-order valence-corrected chi connectivity index (χ4v) is 2.64. The molecular weight excluding hydrogens is 346 g/mol. The van der Waals surface area contributed by atoms with E-state index < -0.39 is 34.7 Å². The average molecular weight is 361 g/mol. The molecule has 0 aliphatic carbocycles. The summed E-state index contributed by atoms with van der Waals surface area (Å²) in [5.74, 6) is -3.49. The van der Waals surface area contributed by atoms with Crippen molar-refractivity contribution in [2.24, 2.45) is 0 Å². The monoisotopic (exact) mass is 361 g/mol. The summed E-state index contributed by atoms with van der Waals surface area (Å²) in [4.78, 5) is 0. The molecular formula is C20H15F4NO. The predicted molar refractivity (Wildman–Crippen MR) is 92.0 cm³/mol. The summed E-state index contributed by atoms with van der Waals surface area (Å²) >= 11 is 0. The molecule has 0 bridgehead atoms. The van der Waals surface area contributed by atoms with Crippen molar-refractivity contribution in [2.75, 3.05) is 11.9 Å². The molecule has 3 aromatic rings. The van der Waals surface area contributed by atoms with E-state index in [9.17, 15) is 22.7 Å². The van der Waals surface area contributed by atoms with E-state index >= 15 is 0 Å². The van der Waals surface area contributed by atoms with Crippen LogP contribution in [0.5, 0.6) is 5.75 Å². The third-order valence-corrected chi connectivity index (χ3v) is 3.97. The highest BCUT2D eigenvalue weighted by Crippen LogP contribution is 2.27. The molecule has 0 amide bonds. The van der Waals surface area contributed by atoms with Crippen molar-refractivity contribution < 1.29 is 22.7 Å². The lowest BCUT2D eigenvalue weighted by molar-refractivity contribution is 0.429. The minimum Gasteiger partial charge on any atom is -0.505 e. The molecule has 0 saturated carbocycles. The Morgan fingerprint density at radius 1 is 0.808 bits per heavy atom. The highest BCUT2D eigenvalue weighted by Gasteiger charge is 2.13. The van der Waals surface area contributed by atoms with Crippen LogP contribution < -0.4 is 5.32 Å². The van der Waals surface area contributed by atoms with Crippen molar-refractivity contribution in [3.63, 3.8) is 0 Å². The topological polar surface area (TPSA) is 32.3 Å². The quantitative estimate of drug-likeness (QED) is 0.607. The van der Waals surface area contributed by atoms with Crippen LogP contribution in [0.25, 0.3) is 11.1 Å². The van der Waals surface area contributed by atoms with E-state index in [1.54, 1.807) is 18.2 Å². The van der Waals surface area contributed by atoms with Crippen LogP contribution in [0.3, 0.4) is 0 Å². The van der Waals surface area contributed by atoms with Gasteiger partial charge in [0.1, 0.15) is 23.1 Å². The molecule has 0 aliphatic heterocycles. The Balaban J connectivity index is 1.76. The van der Waals surface area contributed by atoms with Gasteiger partial charge in [-0.3, -0.25) is 0 Å². The third-order valence-electron chi connectivity index (χ3n) is 3.97. The van der Waals surface area contributed by atoms with Gasteiger partial charge in [-0.15, -0.1) is 0 Å². The first-order chi connectivity index (χ1) is 12.5. The summed E-state index contributed by atoms with van der Waals surface area (Å²) in [7, 11) is 0. The lowest BCUT2D eigenvalue weighted by atomic mass is 10.0. The van der Waals surface area contributed by atoms with Crippen molar-refractivity contribution in [3.05, 3.63) is 83.4 Å². The Labute approximate surface area is 147 Å². The molecule has 2 N–H and O–H groups in total.